The predicted molar refractivity (Wildman–Crippen MR) is 99.9 cm³/mol. The maximum absolute atomic E-state index is 9.87. The Morgan fingerprint density at radius 2 is 1.48 bits per heavy atom. The quantitative estimate of drug-likeness (QED) is 0.607. The number of piperidine rings is 1. The van der Waals surface area contributed by atoms with Crippen molar-refractivity contribution < 1.29 is 9.90 Å². The van der Waals surface area contributed by atoms with E-state index in [1.807, 2.05) is 0 Å². The number of carbonyl (C=O) groups is 1. The van der Waals surface area contributed by atoms with Crippen LogP contribution < -0.4 is 0 Å². The second kappa shape index (κ2) is 10.3. The molecule has 3 heteroatoms. The van der Waals surface area contributed by atoms with Crippen molar-refractivity contribution >= 4 is 5.97 Å². The molecule has 1 fully saturated rings. The molecule has 0 aromatic carbocycles. The molecule has 1 N–H and O–H groups in total. The Morgan fingerprint density at radius 3 is 1.87 bits per heavy atom. The summed E-state index contributed by atoms with van der Waals surface area (Å²) < 4.78 is 0. The van der Waals surface area contributed by atoms with E-state index in [1.165, 1.54) is 32.2 Å². The van der Waals surface area contributed by atoms with Crippen LogP contribution in [0.3, 0.4) is 0 Å². The van der Waals surface area contributed by atoms with Gasteiger partial charge in [0.05, 0.1) is 0 Å². The van der Waals surface area contributed by atoms with Crippen LogP contribution in [0.15, 0.2) is 0 Å². The maximum Gasteiger partial charge on any atom is 0.303 e. The topological polar surface area (TPSA) is 40.5 Å². The monoisotopic (exact) mass is 327 g/mol. The molecule has 0 bridgehead atoms. The van der Waals surface area contributed by atoms with E-state index in [9.17, 15) is 4.79 Å². The molecule has 0 spiro atoms. The lowest BCUT2D eigenvalue weighted by Crippen LogP contribution is -2.60. The molecule has 0 aromatic heterocycles. The highest BCUT2D eigenvalue weighted by atomic mass is 16.4. The van der Waals surface area contributed by atoms with E-state index in [-0.39, 0.29) is 0 Å². The Balaban J connectivity index is 0.000000515. The summed E-state index contributed by atoms with van der Waals surface area (Å²) in [5.41, 5.74) is 0.771. The van der Waals surface area contributed by atoms with E-state index in [1.54, 1.807) is 0 Å². The minimum absolute atomic E-state index is 0.327. The second-order valence-corrected chi connectivity index (χ2v) is 8.49. The van der Waals surface area contributed by atoms with E-state index in [2.05, 4.69) is 53.4 Å². The van der Waals surface area contributed by atoms with Crippen LogP contribution in [0.2, 0.25) is 0 Å². The molecule has 1 saturated heterocycles. The third kappa shape index (κ3) is 8.74. The second-order valence-electron chi connectivity index (χ2n) is 8.49. The lowest BCUT2D eigenvalue weighted by molar-refractivity contribution is -0.137. The van der Waals surface area contributed by atoms with Gasteiger partial charge >= 0.3 is 5.97 Å². The van der Waals surface area contributed by atoms with Gasteiger partial charge in [-0.05, 0) is 65.8 Å². The zero-order chi connectivity index (χ0) is 18.1. The average molecular weight is 328 g/mol. The fourth-order valence-corrected chi connectivity index (χ4v) is 4.27. The highest BCUT2D eigenvalue weighted by Gasteiger charge is 2.43. The van der Waals surface area contributed by atoms with Crippen LogP contribution in [0.1, 0.15) is 99.8 Å². The number of hydrogen-bond donors (Lipinski definition) is 1. The Hall–Kier alpha value is -0.570. The summed E-state index contributed by atoms with van der Waals surface area (Å²) >= 11 is 0. The predicted octanol–water partition coefficient (Wildman–Crippen LogP) is 5.73. The zero-order valence-corrected chi connectivity index (χ0v) is 16.7. The number of hydrogen-bond acceptors (Lipinski definition) is 2. The minimum Gasteiger partial charge on any atom is -0.481 e. The van der Waals surface area contributed by atoms with Gasteiger partial charge in [0.15, 0.2) is 0 Å². The largest absolute Gasteiger partial charge is 0.481 e. The average Bonchev–Trinajstić information content (AvgIpc) is 2.36. The van der Waals surface area contributed by atoms with E-state index >= 15 is 0 Å². The first-order valence-electron chi connectivity index (χ1n) is 9.56. The number of nitrogens with zero attached hydrogens (tertiary/aromatic N) is 1. The summed E-state index contributed by atoms with van der Waals surface area (Å²) in [6, 6.07) is 0. The van der Waals surface area contributed by atoms with Crippen molar-refractivity contribution in [3.63, 3.8) is 0 Å². The smallest absolute Gasteiger partial charge is 0.303 e. The van der Waals surface area contributed by atoms with Gasteiger partial charge < -0.3 is 5.11 Å². The van der Waals surface area contributed by atoms with Gasteiger partial charge in [-0.3, -0.25) is 9.69 Å². The van der Waals surface area contributed by atoms with Crippen molar-refractivity contribution in [2.45, 2.75) is 111 Å². The molecule has 1 rings (SSSR count). The molecule has 0 amide bonds. The maximum atomic E-state index is 9.87. The summed E-state index contributed by atoms with van der Waals surface area (Å²) in [6.45, 7) is 17.7. The van der Waals surface area contributed by atoms with Crippen molar-refractivity contribution in [3.05, 3.63) is 0 Å². The summed E-state index contributed by atoms with van der Waals surface area (Å²) in [7, 11) is 0. The third-order valence-electron chi connectivity index (χ3n) is 4.89. The number of unbranched alkanes of at least 4 members (excludes halogenated alkanes) is 3. The summed E-state index contributed by atoms with van der Waals surface area (Å²) in [4.78, 5) is 12.6. The van der Waals surface area contributed by atoms with Gasteiger partial charge in [0.2, 0.25) is 0 Å². The first-order chi connectivity index (χ1) is 10.6. The van der Waals surface area contributed by atoms with Crippen LogP contribution in [0.4, 0.5) is 0 Å². The summed E-state index contributed by atoms with van der Waals surface area (Å²) in [6.07, 6.45) is 8.61. The lowest BCUT2D eigenvalue weighted by Gasteiger charge is -2.55. The Kier molecular flexibility index (Phi) is 10.1. The van der Waals surface area contributed by atoms with E-state index < -0.39 is 5.97 Å². The molecule has 0 aliphatic carbocycles. The van der Waals surface area contributed by atoms with Gasteiger partial charge in [-0.2, -0.15) is 0 Å². The van der Waals surface area contributed by atoms with Crippen LogP contribution in [-0.4, -0.2) is 33.6 Å². The van der Waals surface area contributed by atoms with Crippen molar-refractivity contribution in [1.29, 1.82) is 0 Å². The Labute approximate surface area is 144 Å². The summed E-state index contributed by atoms with van der Waals surface area (Å²) in [5, 5.41) is 8.14. The van der Waals surface area contributed by atoms with Crippen LogP contribution in [0.5, 0.6) is 0 Å². The number of rotatable bonds is 7. The fourth-order valence-electron chi connectivity index (χ4n) is 4.27. The van der Waals surface area contributed by atoms with Gasteiger partial charge in [0.1, 0.15) is 0 Å². The van der Waals surface area contributed by atoms with Crippen molar-refractivity contribution in [1.82, 2.24) is 4.90 Å². The third-order valence-corrected chi connectivity index (χ3v) is 4.89. The fraction of sp³-hybridized carbons (Fsp3) is 0.950. The van der Waals surface area contributed by atoms with Crippen molar-refractivity contribution in [2.24, 2.45) is 5.92 Å². The number of aliphatic carboxylic acids is 1. The Bertz CT molecular complexity index is 319. The molecule has 23 heavy (non-hydrogen) atoms. The first-order valence-corrected chi connectivity index (χ1v) is 9.56. The van der Waals surface area contributed by atoms with Gasteiger partial charge in [-0.15, -0.1) is 0 Å². The van der Waals surface area contributed by atoms with E-state index in [0.29, 0.717) is 17.5 Å². The molecule has 1 aliphatic rings. The molecule has 0 saturated carbocycles. The molecular formula is C20H41NO2. The molecule has 0 atom stereocenters. The first kappa shape index (κ1) is 22.4. The molecule has 1 aliphatic heterocycles. The molecule has 1 heterocycles. The highest BCUT2D eigenvalue weighted by Crippen LogP contribution is 2.41. The molecule has 3 nitrogen and oxygen atoms in total. The SMILES string of the molecule is CCCCCC(=O)O.CCCCN1C(C)(C)CC(C)CC1(C)C. The summed E-state index contributed by atoms with van der Waals surface area (Å²) in [5.74, 6) is 0.186. The van der Waals surface area contributed by atoms with Gasteiger partial charge in [0.25, 0.3) is 0 Å². The normalized spacial score (nSPS) is 20.7. The molecule has 0 aromatic rings. The molecule has 0 radical (unpaired) electrons. The number of carboxylic acid groups (broad SMARTS) is 1. The number of likely N-dealkylation sites (tertiary alicyclic amines) is 1. The van der Waals surface area contributed by atoms with Crippen LogP contribution in [-0.2, 0) is 4.79 Å². The molecule has 138 valence electrons. The molecule has 0 unspecified atom stereocenters. The van der Waals surface area contributed by atoms with Crippen LogP contribution >= 0.6 is 0 Å². The number of carboxylic acids is 1. The van der Waals surface area contributed by atoms with E-state index in [4.69, 9.17) is 5.11 Å². The Morgan fingerprint density at radius 1 is 1.00 bits per heavy atom. The van der Waals surface area contributed by atoms with Gasteiger partial charge in [0, 0.05) is 17.5 Å². The van der Waals surface area contributed by atoms with Crippen molar-refractivity contribution in [2.75, 3.05) is 6.54 Å². The minimum atomic E-state index is -0.682. The van der Waals surface area contributed by atoms with Crippen LogP contribution in [0, 0.1) is 5.92 Å². The van der Waals surface area contributed by atoms with E-state index in [0.717, 1.165) is 25.2 Å². The van der Waals surface area contributed by atoms with Gasteiger partial charge in [-0.25, -0.2) is 0 Å². The van der Waals surface area contributed by atoms with Crippen LogP contribution in [0.25, 0.3) is 0 Å². The van der Waals surface area contributed by atoms with Gasteiger partial charge in [-0.1, -0.05) is 40.0 Å². The molecular weight excluding hydrogens is 286 g/mol. The van der Waals surface area contributed by atoms with Crippen molar-refractivity contribution in [3.8, 4) is 0 Å². The standard InChI is InChI=1S/C14H29N.C6H12O2/c1-7-8-9-15-13(3,4)10-12(2)11-14(15,5)6;1-2-3-4-5-6(7)8/h12H,7-11H2,1-6H3;2-5H2,1H3,(H,7,8). The lowest BCUT2D eigenvalue weighted by atomic mass is 9.74. The zero-order valence-electron chi connectivity index (χ0n) is 16.7. The highest BCUT2D eigenvalue weighted by molar-refractivity contribution is 5.66.